The summed E-state index contributed by atoms with van der Waals surface area (Å²) in [5, 5.41) is 5.08. The van der Waals surface area contributed by atoms with E-state index < -0.39 is 0 Å². The number of ether oxygens (including phenoxy) is 1. The molecule has 1 aromatic heterocycles. The van der Waals surface area contributed by atoms with Crippen molar-refractivity contribution in [3.63, 3.8) is 0 Å². The van der Waals surface area contributed by atoms with Crippen molar-refractivity contribution < 1.29 is 9.53 Å². The fourth-order valence-corrected chi connectivity index (χ4v) is 3.05. The van der Waals surface area contributed by atoms with Crippen molar-refractivity contribution in [2.45, 2.75) is 26.8 Å². The average molecular weight is 303 g/mol. The molecule has 21 heavy (non-hydrogen) atoms. The lowest BCUT2D eigenvalue weighted by Gasteiger charge is -2.21. The van der Waals surface area contributed by atoms with Crippen LogP contribution in [-0.2, 0) is 4.79 Å². The van der Waals surface area contributed by atoms with Crippen LogP contribution in [0.1, 0.15) is 30.3 Å². The van der Waals surface area contributed by atoms with E-state index in [1.54, 1.807) is 11.3 Å². The SMILES string of the molecule is Cc1cccc(OCC(=O)N[C@@H](c2cccs2)C(C)C)c1. The first kappa shape index (κ1) is 15.6. The molecule has 0 saturated heterocycles. The number of benzene rings is 1. The second-order valence-corrected chi connectivity index (χ2v) is 6.39. The number of rotatable bonds is 6. The van der Waals surface area contributed by atoms with Crippen LogP contribution < -0.4 is 10.1 Å². The van der Waals surface area contributed by atoms with Gasteiger partial charge in [-0.3, -0.25) is 4.79 Å². The zero-order chi connectivity index (χ0) is 15.2. The van der Waals surface area contributed by atoms with Crippen LogP contribution in [0.25, 0.3) is 0 Å². The summed E-state index contributed by atoms with van der Waals surface area (Å²) in [5.74, 6) is 0.970. The van der Waals surface area contributed by atoms with Gasteiger partial charge >= 0.3 is 0 Å². The summed E-state index contributed by atoms with van der Waals surface area (Å²) in [6.07, 6.45) is 0. The molecule has 2 aromatic rings. The Balaban J connectivity index is 1.91. The molecule has 0 radical (unpaired) electrons. The summed E-state index contributed by atoms with van der Waals surface area (Å²) in [5.41, 5.74) is 1.12. The van der Waals surface area contributed by atoms with Crippen molar-refractivity contribution in [1.82, 2.24) is 5.32 Å². The molecular weight excluding hydrogens is 282 g/mol. The van der Waals surface area contributed by atoms with Crippen LogP contribution >= 0.6 is 11.3 Å². The van der Waals surface area contributed by atoms with Gasteiger partial charge in [0.05, 0.1) is 6.04 Å². The Morgan fingerprint density at radius 1 is 1.29 bits per heavy atom. The topological polar surface area (TPSA) is 38.3 Å². The van der Waals surface area contributed by atoms with E-state index in [1.165, 1.54) is 4.88 Å². The number of nitrogens with one attached hydrogen (secondary N) is 1. The Labute approximate surface area is 130 Å². The summed E-state index contributed by atoms with van der Waals surface area (Å²) in [7, 11) is 0. The molecule has 0 fully saturated rings. The molecule has 0 unspecified atom stereocenters. The lowest BCUT2D eigenvalue weighted by Crippen LogP contribution is -2.34. The monoisotopic (exact) mass is 303 g/mol. The zero-order valence-corrected chi connectivity index (χ0v) is 13.4. The van der Waals surface area contributed by atoms with Crippen LogP contribution in [0.4, 0.5) is 0 Å². The molecule has 1 N–H and O–H groups in total. The second-order valence-electron chi connectivity index (χ2n) is 5.41. The molecule has 0 aliphatic rings. The van der Waals surface area contributed by atoms with E-state index >= 15 is 0 Å². The van der Waals surface area contributed by atoms with Gasteiger partial charge in [-0.15, -0.1) is 11.3 Å². The van der Waals surface area contributed by atoms with Crippen molar-refractivity contribution in [3.05, 3.63) is 52.2 Å². The molecule has 112 valence electrons. The molecule has 2 rings (SSSR count). The maximum atomic E-state index is 12.1. The number of thiophene rings is 1. The smallest absolute Gasteiger partial charge is 0.258 e. The normalized spacial score (nSPS) is 12.2. The van der Waals surface area contributed by atoms with Gasteiger partial charge in [0.25, 0.3) is 5.91 Å². The summed E-state index contributed by atoms with van der Waals surface area (Å²) in [6.45, 7) is 6.24. The Kier molecular flexibility index (Phi) is 5.39. The molecule has 1 amide bonds. The van der Waals surface area contributed by atoms with Crippen LogP contribution in [0.15, 0.2) is 41.8 Å². The first-order chi connectivity index (χ1) is 10.1. The predicted octanol–water partition coefficient (Wildman–Crippen LogP) is 3.95. The minimum absolute atomic E-state index is 0.0397. The maximum Gasteiger partial charge on any atom is 0.258 e. The molecule has 4 heteroatoms. The highest BCUT2D eigenvalue weighted by Gasteiger charge is 2.19. The number of aryl methyl sites for hydroxylation is 1. The molecule has 0 spiro atoms. The minimum atomic E-state index is -0.0939. The zero-order valence-electron chi connectivity index (χ0n) is 12.6. The number of hydrogen-bond acceptors (Lipinski definition) is 3. The number of carbonyl (C=O) groups excluding carboxylic acids is 1. The maximum absolute atomic E-state index is 12.1. The fraction of sp³-hybridized carbons (Fsp3) is 0.353. The number of hydrogen-bond donors (Lipinski definition) is 1. The summed E-state index contributed by atoms with van der Waals surface area (Å²) >= 11 is 1.66. The van der Waals surface area contributed by atoms with Crippen LogP contribution in [0, 0.1) is 12.8 Å². The minimum Gasteiger partial charge on any atom is -0.484 e. The van der Waals surface area contributed by atoms with E-state index in [9.17, 15) is 4.79 Å². The molecule has 1 heterocycles. The van der Waals surface area contributed by atoms with Gasteiger partial charge in [-0.05, 0) is 42.0 Å². The van der Waals surface area contributed by atoms with Crippen molar-refractivity contribution in [3.8, 4) is 5.75 Å². The van der Waals surface area contributed by atoms with E-state index in [2.05, 4.69) is 25.2 Å². The van der Waals surface area contributed by atoms with E-state index in [0.29, 0.717) is 5.92 Å². The molecule has 3 nitrogen and oxygen atoms in total. The first-order valence-corrected chi connectivity index (χ1v) is 7.96. The molecule has 0 aliphatic carbocycles. The Bertz CT molecular complexity index is 578. The van der Waals surface area contributed by atoms with Crippen LogP contribution in [0.3, 0.4) is 0 Å². The van der Waals surface area contributed by atoms with Gasteiger partial charge in [0.2, 0.25) is 0 Å². The van der Waals surface area contributed by atoms with Gasteiger partial charge in [-0.1, -0.05) is 32.0 Å². The highest BCUT2D eigenvalue weighted by atomic mass is 32.1. The van der Waals surface area contributed by atoms with Gasteiger partial charge in [-0.25, -0.2) is 0 Å². The average Bonchev–Trinajstić information content (AvgIpc) is 2.96. The number of amides is 1. The van der Waals surface area contributed by atoms with Crippen LogP contribution in [0.2, 0.25) is 0 Å². The Morgan fingerprint density at radius 2 is 2.10 bits per heavy atom. The van der Waals surface area contributed by atoms with Crippen LogP contribution in [0.5, 0.6) is 5.75 Å². The molecule has 0 bridgehead atoms. The van der Waals surface area contributed by atoms with E-state index in [-0.39, 0.29) is 18.6 Å². The van der Waals surface area contributed by atoms with Crippen molar-refractivity contribution in [1.29, 1.82) is 0 Å². The molecule has 0 saturated carbocycles. The fourth-order valence-electron chi connectivity index (χ4n) is 2.10. The quantitative estimate of drug-likeness (QED) is 0.877. The summed E-state index contributed by atoms with van der Waals surface area (Å²) < 4.78 is 5.54. The molecule has 1 atom stereocenters. The lowest BCUT2D eigenvalue weighted by molar-refractivity contribution is -0.124. The lowest BCUT2D eigenvalue weighted by atomic mass is 10.0. The highest BCUT2D eigenvalue weighted by Crippen LogP contribution is 2.25. The van der Waals surface area contributed by atoms with Gasteiger partial charge in [-0.2, -0.15) is 0 Å². The standard InChI is InChI=1S/C17H21NO2S/c1-12(2)17(15-8-5-9-21-15)18-16(19)11-20-14-7-4-6-13(3)10-14/h4-10,12,17H,11H2,1-3H3,(H,18,19)/t17-/m1/s1. The first-order valence-electron chi connectivity index (χ1n) is 7.08. The Hall–Kier alpha value is -1.81. The van der Waals surface area contributed by atoms with Crippen molar-refractivity contribution >= 4 is 17.2 Å². The second kappa shape index (κ2) is 7.27. The predicted molar refractivity (Wildman–Crippen MR) is 86.7 cm³/mol. The molecule has 1 aromatic carbocycles. The third kappa shape index (κ3) is 4.60. The van der Waals surface area contributed by atoms with E-state index in [0.717, 1.165) is 11.3 Å². The molecule has 0 aliphatic heterocycles. The van der Waals surface area contributed by atoms with Gasteiger partial charge < -0.3 is 10.1 Å². The van der Waals surface area contributed by atoms with E-state index in [4.69, 9.17) is 4.74 Å². The van der Waals surface area contributed by atoms with Crippen molar-refractivity contribution in [2.75, 3.05) is 6.61 Å². The Morgan fingerprint density at radius 3 is 2.71 bits per heavy atom. The highest BCUT2D eigenvalue weighted by molar-refractivity contribution is 7.10. The van der Waals surface area contributed by atoms with Crippen molar-refractivity contribution in [2.24, 2.45) is 5.92 Å². The van der Waals surface area contributed by atoms with Gasteiger partial charge in [0.1, 0.15) is 5.75 Å². The third-order valence-corrected chi connectivity index (χ3v) is 4.15. The van der Waals surface area contributed by atoms with E-state index in [1.807, 2.05) is 42.6 Å². The van der Waals surface area contributed by atoms with Gasteiger partial charge in [0, 0.05) is 4.88 Å². The third-order valence-electron chi connectivity index (χ3n) is 3.19. The summed E-state index contributed by atoms with van der Waals surface area (Å²) in [6, 6.07) is 11.8. The van der Waals surface area contributed by atoms with Crippen LogP contribution in [-0.4, -0.2) is 12.5 Å². The summed E-state index contributed by atoms with van der Waals surface area (Å²) in [4.78, 5) is 13.3. The van der Waals surface area contributed by atoms with Gasteiger partial charge in [0.15, 0.2) is 6.61 Å². The largest absolute Gasteiger partial charge is 0.484 e. The number of carbonyl (C=O) groups is 1. The molecular formula is C17H21NO2S.